The van der Waals surface area contributed by atoms with Crippen LogP contribution in [0.15, 0.2) is 30.5 Å². The Bertz CT molecular complexity index is 634. The van der Waals surface area contributed by atoms with Gasteiger partial charge in [-0.05, 0) is 50.2 Å². The first-order valence-corrected chi connectivity index (χ1v) is 9.72. The van der Waals surface area contributed by atoms with E-state index < -0.39 is 0 Å². The number of ether oxygens (including phenoxy) is 1. The van der Waals surface area contributed by atoms with Gasteiger partial charge in [0.15, 0.2) is 0 Å². The van der Waals surface area contributed by atoms with Gasteiger partial charge in [-0.1, -0.05) is 31.5 Å². The maximum absolute atomic E-state index is 5.46. The molecule has 1 heterocycles. The second-order valence-corrected chi connectivity index (χ2v) is 7.01. The maximum Gasteiger partial charge on any atom is 0.0590 e. The molecular formula is C21H32N2O. The predicted molar refractivity (Wildman–Crippen MR) is 102 cm³/mol. The number of fused-ring (bicyclic) bond motifs is 1. The molecule has 1 fully saturated rings. The van der Waals surface area contributed by atoms with Crippen LogP contribution in [0, 0.1) is 0 Å². The third kappa shape index (κ3) is 4.01. The molecule has 1 saturated carbocycles. The maximum atomic E-state index is 5.46. The molecule has 2 unspecified atom stereocenters. The number of nitrogens with one attached hydrogen (secondary N) is 1. The van der Waals surface area contributed by atoms with Gasteiger partial charge >= 0.3 is 0 Å². The Morgan fingerprint density at radius 1 is 1.21 bits per heavy atom. The molecule has 1 aliphatic rings. The highest BCUT2D eigenvalue weighted by Crippen LogP contribution is 2.37. The van der Waals surface area contributed by atoms with E-state index in [2.05, 4.69) is 54.2 Å². The summed E-state index contributed by atoms with van der Waals surface area (Å²) in [6, 6.07) is 9.57. The molecule has 24 heavy (non-hydrogen) atoms. The van der Waals surface area contributed by atoms with Crippen molar-refractivity contribution in [2.75, 3.05) is 19.8 Å². The van der Waals surface area contributed by atoms with Crippen molar-refractivity contribution in [2.45, 2.75) is 64.5 Å². The Balaban J connectivity index is 1.72. The van der Waals surface area contributed by atoms with E-state index in [4.69, 9.17) is 4.74 Å². The van der Waals surface area contributed by atoms with Crippen molar-refractivity contribution in [1.82, 2.24) is 9.88 Å². The monoisotopic (exact) mass is 328 g/mol. The Hall–Kier alpha value is -1.32. The number of hydrogen-bond acceptors (Lipinski definition) is 2. The summed E-state index contributed by atoms with van der Waals surface area (Å²) < 4.78 is 7.91. The number of nitrogens with zero attached hydrogens (tertiary/aromatic N) is 1. The summed E-state index contributed by atoms with van der Waals surface area (Å²) in [5.74, 6) is 0.686. The van der Waals surface area contributed by atoms with Crippen LogP contribution < -0.4 is 5.32 Å². The summed E-state index contributed by atoms with van der Waals surface area (Å²) in [6.07, 6.45) is 8.82. The minimum atomic E-state index is 0.637. The molecule has 0 saturated heterocycles. The van der Waals surface area contributed by atoms with Crippen LogP contribution in [0.1, 0.15) is 57.4 Å². The first kappa shape index (κ1) is 17.5. The summed E-state index contributed by atoms with van der Waals surface area (Å²) in [5.41, 5.74) is 2.97. The summed E-state index contributed by atoms with van der Waals surface area (Å²) in [5, 5.41) is 5.17. The fraction of sp³-hybridized carbons (Fsp3) is 0.619. The van der Waals surface area contributed by atoms with Crippen LogP contribution >= 0.6 is 0 Å². The third-order valence-electron chi connectivity index (χ3n) is 5.28. The van der Waals surface area contributed by atoms with E-state index in [0.29, 0.717) is 12.0 Å². The summed E-state index contributed by atoms with van der Waals surface area (Å²) in [7, 11) is 0. The van der Waals surface area contributed by atoms with E-state index in [-0.39, 0.29) is 0 Å². The molecule has 132 valence electrons. The smallest absolute Gasteiger partial charge is 0.0590 e. The van der Waals surface area contributed by atoms with Gasteiger partial charge in [-0.2, -0.15) is 0 Å². The first-order chi connectivity index (χ1) is 11.8. The van der Waals surface area contributed by atoms with Crippen molar-refractivity contribution in [3.8, 4) is 0 Å². The number of aryl methyl sites for hydroxylation is 1. The number of benzene rings is 1. The van der Waals surface area contributed by atoms with E-state index in [1.54, 1.807) is 5.56 Å². The normalized spacial score (nSPS) is 21.4. The van der Waals surface area contributed by atoms with Crippen molar-refractivity contribution < 1.29 is 4.74 Å². The van der Waals surface area contributed by atoms with Gasteiger partial charge in [0.2, 0.25) is 0 Å². The van der Waals surface area contributed by atoms with Crippen LogP contribution in [0.25, 0.3) is 10.9 Å². The average Bonchev–Trinajstić information content (AvgIpc) is 2.98. The molecule has 0 spiro atoms. The van der Waals surface area contributed by atoms with E-state index in [1.165, 1.54) is 43.0 Å². The van der Waals surface area contributed by atoms with Crippen LogP contribution in [0.2, 0.25) is 0 Å². The van der Waals surface area contributed by atoms with E-state index in [9.17, 15) is 0 Å². The van der Waals surface area contributed by atoms with Gasteiger partial charge in [-0.15, -0.1) is 0 Å². The van der Waals surface area contributed by atoms with Crippen molar-refractivity contribution in [2.24, 2.45) is 0 Å². The highest BCUT2D eigenvalue weighted by molar-refractivity contribution is 5.84. The number of hydrogen-bond donors (Lipinski definition) is 1. The lowest BCUT2D eigenvalue weighted by Crippen LogP contribution is -2.35. The van der Waals surface area contributed by atoms with Gasteiger partial charge in [0.25, 0.3) is 0 Å². The average molecular weight is 328 g/mol. The van der Waals surface area contributed by atoms with Crippen LogP contribution in [-0.4, -0.2) is 30.4 Å². The topological polar surface area (TPSA) is 26.2 Å². The van der Waals surface area contributed by atoms with Gasteiger partial charge in [-0.3, -0.25) is 0 Å². The quantitative estimate of drug-likeness (QED) is 0.711. The summed E-state index contributed by atoms with van der Waals surface area (Å²) in [4.78, 5) is 0. The van der Waals surface area contributed by atoms with Crippen LogP contribution in [0.4, 0.5) is 0 Å². The van der Waals surface area contributed by atoms with Crippen molar-refractivity contribution in [1.29, 1.82) is 0 Å². The minimum Gasteiger partial charge on any atom is -0.380 e. The van der Waals surface area contributed by atoms with Crippen molar-refractivity contribution in [3.05, 3.63) is 36.0 Å². The SMILES string of the molecule is CCCn1cc(C2CCCC(NCCOCC)C2)c2ccccc21. The van der Waals surface area contributed by atoms with E-state index in [0.717, 1.165) is 26.3 Å². The zero-order valence-corrected chi connectivity index (χ0v) is 15.3. The zero-order chi connectivity index (χ0) is 16.8. The minimum absolute atomic E-state index is 0.637. The van der Waals surface area contributed by atoms with Crippen molar-refractivity contribution in [3.63, 3.8) is 0 Å². The van der Waals surface area contributed by atoms with Crippen LogP contribution in [-0.2, 0) is 11.3 Å². The molecule has 0 bridgehead atoms. The standard InChI is InChI=1S/C21H32N2O/c1-3-13-23-16-20(19-10-5-6-11-21(19)23)17-8-7-9-18(15-17)22-12-14-24-4-2/h5-6,10-11,16-18,22H,3-4,7-9,12-15H2,1-2H3. The molecule has 3 heteroatoms. The molecule has 3 nitrogen and oxygen atoms in total. The largest absolute Gasteiger partial charge is 0.380 e. The second-order valence-electron chi connectivity index (χ2n) is 7.01. The van der Waals surface area contributed by atoms with Gasteiger partial charge in [0.1, 0.15) is 0 Å². The Morgan fingerprint density at radius 3 is 2.92 bits per heavy atom. The van der Waals surface area contributed by atoms with E-state index in [1.807, 2.05) is 0 Å². The highest BCUT2D eigenvalue weighted by atomic mass is 16.5. The molecule has 1 aromatic heterocycles. The Labute approximate surface area is 146 Å². The molecular weight excluding hydrogens is 296 g/mol. The lowest BCUT2D eigenvalue weighted by atomic mass is 9.81. The van der Waals surface area contributed by atoms with Crippen molar-refractivity contribution >= 4 is 10.9 Å². The number of para-hydroxylation sites is 1. The fourth-order valence-electron chi connectivity index (χ4n) is 4.16. The molecule has 1 aliphatic carbocycles. The highest BCUT2D eigenvalue weighted by Gasteiger charge is 2.25. The fourth-order valence-corrected chi connectivity index (χ4v) is 4.16. The van der Waals surface area contributed by atoms with Gasteiger partial charge in [0, 0.05) is 42.8 Å². The van der Waals surface area contributed by atoms with Crippen LogP contribution in [0.3, 0.4) is 0 Å². The summed E-state index contributed by atoms with van der Waals surface area (Å²) in [6.45, 7) is 8.04. The molecule has 2 atom stereocenters. The number of rotatable bonds is 8. The predicted octanol–water partition coefficient (Wildman–Crippen LogP) is 4.70. The lowest BCUT2D eigenvalue weighted by Gasteiger charge is -2.30. The molecule has 2 aromatic rings. The molecule has 0 amide bonds. The molecule has 3 rings (SSSR count). The Morgan fingerprint density at radius 2 is 2.08 bits per heavy atom. The molecule has 1 N–H and O–H groups in total. The molecule has 0 radical (unpaired) electrons. The zero-order valence-electron chi connectivity index (χ0n) is 15.3. The third-order valence-corrected chi connectivity index (χ3v) is 5.28. The van der Waals surface area contributed by atoms with Gasteiger partial charge in [-0.25, -0.2) is 0 Å². The Kier molecular flexibility index (Phi) is 6.33. The van der Waals surface area contributed by atoms with Gasteiger partial charge < -0.3 is 14.6 Å². The first-order valence-electron chi connectivity index (χ1n) is 9.72. The number of aromatic nitrogens is 1. The van der Waals surface area contributed by atoms with Crippen LogP contribution in [0.5, 0.6) is 0 Å². The molecule has 1 aromatic carbocycles. The molecule has 0 aliphatic heterocycles. The summed E-state index contributed by atoms with van der Waals surface area (Å²) >= 11 is 0. The van der Waals surface area contributed by atoms with E-state index >= 15 is 0 Å². The second kappa shape index (κ2) is 8.68. The lowest BCUT2D eigenvalue weighted by molar-refractivity contribution is 0.144. The van der Waals surface area contributed by atoms with Gasteiger partial charge in [0.05, 0.1) is 6.61 Å².